The summed E-state index contributed by atoms with van der Waals surface area (Å²) in [5.74, 6) is -1.84. The highest BCUT2D eigenvalue weighted by Gasteiger charge is 2.02. The molecule has 0 aromatic carbocycles. The van der Waals surface area contributed by atoms with Crippen molar-refractivity contribution in [1.82, 2.24) is 0 Å². The van der Waals surface area contributed by atoms with Crippen LogP contribution in [0.4, 0.5) is 0 Å². The van der Waals surface area contributed by atoms with Crippen LogP contribution in [-0.2, 0) is 4.79 Å². The molecule has 0 amide bonds. The van der Waals surface area contributed by atoms with E-state index in [4.69, 9.17) is 13.0 Å². The lowest BCUT2D eigenvalue weighted by Crippen LogP contribution is -2.03. The van der Waals surface area contributed by atoms with Gasteiger partial charge in [-0.05, 0) is 6.92 Å². The fraction of sp³-hybridized carbons (Fsp3) is 0.400. The summed E-state index contributed by atoms with van der Waals surface area (Å²) >= 11 is 0. The molecule has 0 aromatic heterocycles. The molecule has 42 valence electrons. The van der Waals surface area contributed by atoms with Crippen LogP contribution in [0.15, 0.2) is 12.2 Å². The van der Waals surface area contributed by atoms with Gasteiger partial charge in [-0.15, -0.1) is 0 Å². The van der Waals surface area contributed by atoms with Gasteiger partial charge in [0.05, 0.1) is 7.85 Å². The molecule has 0 aliphatic carbocycles. The first kappa shape index (κ1) is 7.27. The third kappa shape index (κ3) is 2.45. The molecule has 3 heteroatoms. The van der Waals surface area contributed by atoms with Crippen molar-refractivity contribution < 1.29 is 9.90 Å². The molecule has 2 radical (unpaired) electrons. The molecule has 1 atom stereocenters. The second kappa shape index (κ2) is 3.30. The first-order valence-electron chi connectivity index (χ1n) is 2.29. The number of rotatable bonds is 2. The lowest BCUT2D eigenvalue weighted by molar-refractivity contribution is -0.135. The standard InChI is InChI=1S/C5H7BO2/c1-2-3-4(6)5(7)8/h2-4H,1H3,(H,7,8). The predicted molar refractivity (Wildman–Crippen MR) is 32.0 cm³/mol. The van der Waals surface area contributed by atoms with Gasteiger partial charge in [-0.3, -0.25) is 4.79 Å². The van der Waals surface area contributed by atoms with E-state index in [-0.39, 0.29) is 0 Å². The Labute approximate surface area is 49.6 Å². The van der Waals surface area contributed by atoms with Gasteiger partial charge < -0.3 is 5.11 Å². The van der Waals surface area contributed by atoms with E-state index in [0.717, 1.165) is 0 Å². The molecule has 0 saturated heterocycles. The summed E-state index contributed by atoms with van der Waals surface area (Å²) in [5, 5.41) is 8.14. The van der Waals surface area contributed by atoms with Crippen molar-refractivity contribution >= 4 is 13.8 Å². The molecule has 2 nitrogen and oxygen atoms in total. The summed E-state index contributed by atoms with van der Waals surface area (Å²) in [6.07, 6.45) is 3.03. The Hall–Kier alpha value is -0.725. The summed E-state index contributed by atoms with van der Waals surface area (Å²) in [7, 11) is 5.04. The molecule has 0 spiro atoms. The first-order chi connectivity index (χ1) is 3.68. The summed E-state index contributed by atoms with van der Waals surface area (Å²) in [5.41, 5.74) is 0. The molecular weight excluding hydrogens is 103 g/mol. The molecule has 0 saturated carbocycles. The van der Waals surface area contributed by atoms with Gasteiger partial charge in [-0.2, -0.15) is 0 Å². The quantitative estimate of drug-likeness (QED) is 0.417. The van der Waals surface area contributed by atoms with E-state index in [1.54, 1.807) is 13.0 Å². The average molecular weight is 110 g/mol. The Bertz CT molecular complexity index is 109. The van der Waals surface area contributed by atoms with Crippen molar-refractivity contribution in [1.29, 1.82) is 0 Å². The second-order valence-corrected chi connectivity index (χ2v) is 1.39. The number of carboxylic acids is 1. The molecule has 0 heterocycles. The highest BCUT2D eigenvalue weighted by atomic mass is 16.4. The molecule has 0 aliphatic rings. The van der Waals surface area contributed by atoms with Gasteiger partial charge in [0.25, 0.3) is 0 Å². The summed E-state index contributed by atoms with van der Waals surface area (Å²) in [6, 6.07) is 0. The van der Waals surface area contributed by atoms with Crippen molar-refractivity contribution in [3.8, 4) is 0 Å². The maximum Gasteiger partial charge on any atom is 0.301 e. The normalized spacial score (nSPS) is 14.1. The largest absolute Gasteiger partial charge is 0.481 e. The number of carboxylic acid groups (broad SMARTS) is 1. The van der Waals surface area contributed by atoms with Gasteiger partial charge in [-0.1, -0.05) is 12.2 Å². The third-order valence-corrected chi connectivity index (χ3v) is 0.685. The molecule has 1 unspecified atom stereocenters. The summed E-state index contributed by atoms with van der Waals surface area (Å²) in [4.78, 5) is 9.91. The highest BCUT2D eigenvalue weighted by molar-refractivity contribution is 6.23. The zero-order chi connectivity index (χ0) is 6.57. The van der Waals surface area contributed by atoms with Crippen LogP contribution in [0.3, 0.4) is 0 Å². The topological polar surface area (TPSA) is 37.3 Å². The zero-order valence-corrected chi connectivity index (χ0v) is 4.66. The van der Waals surface area contributed by atoms with Crippen molar-refractivity contribution in [2.45, 2.75) is 12.7 Å². The fourth-order valence-electron chi connectivity index (χ4n) is 0.290. The van der Waals surface area contributed by atoms with E-state index in [0.29, 0.717) is 0 Å². The lowest BCUT2D eigenvalue weighted by atomic mass is 9.87. The smallest absolute Gasteiger partial charge is 0.301 e. The SMILES string of the molecule is [B]C(C=CC)C(=O)O. The van der Waals surface area contributed by atoms with Crippen LogP contribution < -0.4 is 0 Å². The average Bonchev–Trinajstić information content (AvgIpc) is 1.67. The van der Waals surface area contributed by atoms with E-state index >= 15 is 0 Å². The van der Waals surface area contributed by atoms with Gasteiger partial charge >= 0.3 is 5.97 Å². The first-order valence-corrected chi connectivity index (χ1v) is 2.29. The predicted octanol–water partition coefficient (Wildman–Crippen LogP) is 0.604. The van der Waals surface area contributed by atoms with Crippen LogP contribution in [0.2, 0.25) is 5.82 Å². The van der Waals surface area contributed by atoms with E-state index < -0.39 is 11.8 Å². The van der Waals surface area contributed by atoms with Crippen LogP contribution in [0, 0.1) is 0 Å². The number of aliphatic carboxylic acids is 1. The molecule has 0 aliphatic heterocycles. The maximum absolute atomic E-state index is 9.91. The van der Waals surface area contributed by atoms with Crippen molar-refractivity contribution in [3.63, 3.8) is 0 Å². The number of allylic oxidation sites excluding steroid dienone is 1. The van der Waals surface area contributed by atoms with Gasteiger partial charge in [-0.25, -0.2) is 0 Å². The molecule has 0 aromatic rings. The fourth-order valence-corrected chi connectivity index (χ4v) is 0.290. The Kier molecular flexibility index (Phi) is 3.00. The van der Waals surface area contributed by atoms with Crippen molar-refractivity contribution in [3.05, 3.63) is 12.2 Å². The minimum Gasteiger partial charge on any atom is -0.481 e. The Morgan fingerprint density at radius 1 is 1.88 bits per heavy atom. The summed E-state index contributed by atoms with van der Waals surface area (Å²) < 4.78 is 0. The maximum atomic E-state index is 9.91. The van der Waals surface area contributed by atoms with Crippen LogP contribution >= 0.6 is 0 Å². The Morgan fingerprint density at radius 3 is 2.50 bits per heavy atom. The van der Waals surface area contributed by atoms with Crippen LogP contribution in [-0.4, -0.2) is 18.9 Å². The number of carbonyl (C=O) groups is 1. The Balaban J connectivity index is 3.64. The van der Waals surface area contributed by atoms with Crippen LogP contribution in [0.25, 0.3) is 0 Å². The minimum atomic E-state index is -0.997. The van der Waals surface area contributed by atoms with E-state index in [9.17, 15) is 4.79 Å². The molecule has 0 fully saturated rings. The second-order valence-electron chi connectivity index (χ2n) is 1.39. The molecular formula is C5H7BO2. The molecule has 8 heavy (non-hydrogen) atoms. The van der Waals surface area contributed by atoms with Gasteiger partial charge in [0.15, 0.2) is 0 Å². The van der Waals surface area contributed by atoms with Crippen molar-refractivity contribution in [2.75, 3.05) is 0 Å². The zero-order valence-electron chi connectivity index (χ0n) is 4.66. The lowest BCUT2D eigenvalue weighted by Gasteiger charge is -1.93. The number of hydrogen-bond donors (Lipinski definition) is 1. The van der Waals surface area contributed by atoms with Gasteiger partial charge in [0.1, 0.15) is 0 Å². The van der Waals surface area contributed by atoms with E-state index in [1.165, 1.54) is 6.08 Å². The van der Waals surface area contributed by atoms with E-state index in [1.807, 2.05) is 0 Å². The minimum absolute atomic E-state index is 0.847. The Morgan fingerprint density at radius 2 is 2.38 bits per heavy atom. The summed E-state index contributed by atoms with van der Waals surface area (Å²) in [6.45, 7) is 1.72. The monoisotopic (exact) mass is 110 g/mol. The molecule has 1 N–H and O–H groups in total. The third-order valence-electron chi connectivity index (χ3n) is 0.685. The van der Waals surface area contributed by atoms with Crippen molar-refractivity contribution in [2.24, 2.45) is 0 Å². The molecule has 0 bridgehead atoms. The molecule has 0 rings (SSSR count). The van der Waals surface area contributed by atoms with Crippen LogP contribution in [0.1, 0.15) is 6.92 Å². The van der Waals surface area contributed by atoms with Crippen LogP contribution in [0.5, 0.6) is 0 Å². The number of hydrogen-bond acceptors (Lipinski definition) is 1. The van der Waals surface area contributed by atoms with Gasteiger partial charge in [0.2, 0.25) is 0 Å². The van der Waals surface area contributed by atoms with E-state index in [2.05, 4.69) is 0 Å². The van der Waals surface area contributed by atoms with Gasteiger partial charge in [0, 0.05) is 5.82 Å². The highest BCUT2D eigenvalue weighted by Crippen LogP contribution is 1.98.